The number of hydrogen-bond donors (Lipinski definition) is 2. The fourth-order valence-electron chi connectivity index (χ4n) is 4.04. The van der Waals surface area contributed by atoms with Crippen molar-refractivity contribution in [3.05, 3.63) is 18.2 Å². The number of likely N-dealkylation sites (tertiary alicyclic amines) is 1. The Bertz CT molecular complexity index is 711. The molecule has 1 aromatic rings. The first-order chi connectivity index (χ1) is 13.5. The van der Waals surface area contributed by atoms with Gasteiger partial charge in [0.1, 0.15) is 0 Å². The average molecular weight is 390 g/mol. The molecule has 2 saturated heterocycles. The van der Waals surface area contributed by atoms with Gasteiger partial charge in [-0.05, 0) is 38.1 Å². The molecule has 0 saturated carbocycles. The number of amides is 3. The first kappa shape index (κ1) is 20.3. The molecule has 8 nitrogen and oxygen atoms in total. The van der Waals surface area contributed by atoms with Crippen LogP contribution in [0.3, 0.4) is 0 Å². The maximum absolute atomic E-state index is 12.4. The van der Waals surface area contributed by atoms with Gasteiger partial charge in [0.2, 0.25) is 5.91 Å². The summed E-state index contributed by atoms with van der Waals surface area (Å²) in [4.78, 5) is 28.8. The molecule has 0 radical (unpaired) electrons. The van der Waals surface area contributed by atoms with Gasteiger partial charge >= 0.3 is 6.03 Å². The molecule has 2 unspecified atom stereocenters. The highest BCUT2D eigenvalue weighted by Crippen LogP contribution is 2.33. The van der Waals surface area contributed by atoms with Crippen LogP contribution in [0.25, 0.3) is 0 Å². The zero-order valence-corrected chi connectivity index (χ0v) is 16.9. The van der Waals surface area contributed by atoms with Gasteiger partial charge in [-0.1, -0.05) is 6.92 Å². The first-order valence-electron chi connectivity index (χ1n) is 9.86. The van der Waals surface area contributed by atoms with Crippen molar-refractivity contribution in [1.82, 2.24) is 15.5 Å². The van der Waals surface area contributed by atoms with Crippen LogP contribution >= 0.6 is 0 Å². The number of rotatable bonds is 7. The zero-order valence-electron chi connectivity index (χ0n) is 16.9. The van der Waals surface area contributed by atoms with Crippen molar-refractivity contribution >= 4 is 17.6 Å². The second kappa shape index (κ2) is 9.14. The van der Waals surface area contributed by atoms with Crippen LogP contribution in [0, 0.1) is 0 Å². The Morgan fingerprint density at radius 2 is 2.04 bits per heavy atom. The van der Waals surface area contributed by atoms with Crippen molar-refractivity contribution in [2.45, 2.75) is 38.3 Å². The van der Waals surface area contributed by atoms with Crippen molar-refractivity contribution in [3.63, 3.8) is 0 Å². The summed E-state index contributed by atoms with van der Waals surface area (Å²) in [6.07, 6.45) is 2.58. The molecular formula is C20H30N4O4. The molecule has 0 aromatic heterocycles. The largest absolute Gasteiger partial charge is 0.493 e. The van der Waals surface area contributed by atoms with Gasteiger partial charge in [0, 0.05) is 37.3 Å². The highest BCUT2D eigenvalue weighted by molar-refractivity contribution is 5.97. The lowest BCUT2D eigenvalue weighted by Crippen LogP contribution is -2.47. The van der Waals surface area contributed by atoms with E-state index in [1.807, 2.05) is 6.07 Å². The number of benzene rings is 1. The molecule has 2 heterocycles. The van der Waals surface area contributed by atoms with E-state index in [-0.39, 0.29) is 24.4 Å². The third-order valence-corrected chi connectivity index (χ3v) is 5.54. The molecule has 154 valence electrons. The Balaban J connectivity index is 1.53. The van der Waals surface area contributed by atoms with Gasteiger partial charge in [0.25, 0.3) is 0 Å². The fraction of sp³-hybridized carbons (Fsp3) is 0.600. The van der Waals surface area contributed by atoms with Gasteiger partial charge in [-0.3, -0.25) is 9.69 Å². The molecule has 0 spiro atoms. The lowest BCUT2D eigenvalue weighted by atomic mass is 10.2. The van der Waals surface area contributed by atoms with Crippen molar-refractivity contribution in [2.24, 2.45) is 0 Å². The van der Waals surface area contributed by atoms with Gasteiger partial charge < -0.3 is 25.0 Å². The second-order valence-corrected chi connectivity index (χ2v) is 7.22. The standard InChI is InChI=1S/C20H30N4O4/c1-4-23-9-5-6-16(23)12-21-20(26)22-14-10-19(25)24(13-14)15-7-8-17(27-2)18(11-15)28-3/h7-8,11,14,16H,4-6,9-10,12-13H2,1-3H3,(H2,21,22,26). The molecule has 3 amide bonds. The van der Waals surface area contributed by atoms with Crippen molar-refractivity contribution in [1.29, 1.82) is 0 Å². The van der Waals surface area contributed by atoms with Crippen LogP contribution in [0.4, 0.5) is 10.5 Å². The number of likely N-dealkylation sites (N-methyl/N-ethyl adjacent to an activating group) is 1. The van der Waals surface area contributed by atoms with Crippen LogP contribution in [0.1, 0.15) is 26.2 Å². The van der Waals surface area contributed by atoms with Crippen molar-refractivity contribution in [3.8, 4) is 11.5 Å². The Kier molecular flexibility index (Phi) is 6.61. The van der Waals surface area contributed by atoms with Crippen LogP contribution < -0.4 is 25.0 Å². The van der Waals surface area contributed by atoms with E-state index >= 15 is 0 Å². The third kappa shape index (κ3) is 4.49. The van der Waals surface area contributed by atoms with E-state index in [0.29, 0.717) is 30.6 Å². The Morgan fingerprint density at radius 1 is 1.25 bits per heavy atom. The van der Waals surface area contributed by atoms with Crippen LogP contribution in [0.5, 0.6) is 11.5 Å². The number of hydrogen-bond acceptors (Lipinski definition) is 5. The highest BCUT2D eigenvalue weighted by atomic mass is 16.5. The summed E-state index contributed by atoms with van der Waals surface area (Å²) >= 11 is 0. The minimum absolute atomic E-state index is 0.0227. The number of nitrogens with zero attached hydrogens (tertiary/aromatic N) is 2. The highest BCUT2D eigenvalue weighted by Gasteiger charge is 2.32. The van der Waals surface area contributed by atoms with E-state index in [9.17, 15) is 9.59 Å². The molecule has 0 aliphatic carbocycles. The van der Waals surface area contributed by atoms with Crippen molar-refractivity contribution in [2.75, 3.05) is 45.3 Å². The molecule has 2 atom stereocenters. The van der Waals surface area contributed by atoms with Gasteiger partial charge in [0.15, 0.2) is 11.5 Å². The topological polar surface area (TPSA) is 83.1 Å². The number of methoxy groups -OCH3 is 2. The summed E-state index contributed by atoms with van der Waals surface area (Å²) < 4.78 is 10.6. The third-order valence-electron chi connectivity index (χ3n) is 5.54. The summed E-state index contributed by atoms with van der Waals surface area (Å²) in [6.45, 7) is 5.32. The number of nitrogens with one attached hydrogen (secondary N) is 2. The molecule has 3 rings (SSSR count). The van der Waals surface area contributed by atoms with E-state index < -0.39 is 0 Å². The van der Waals surface area contributed by atoms with Gasteiger partial charge in [-0.25, -0.2) is 4.79 Å². The second-order valence-electron chi connectivity index (χ2n) is 7.22. The lowest BCUT2D eigenvalue weighted by Gasteiger charge is -2.23. The van der Waals surface area contributed by atoms with Gasteiger partial charge in [-0.15, -0.1) is 0 Å². The Labute approximate surface area is 166 Å². The van der Waals surface area contributed by atoms with E-state index in [4.69, 9.17) is 9.47 Å². The normalized spacial score (nSPS) is 22.4. The minimum Gasteiger partial charge on any atom is -0.493 e. The Morgan fingerprint density at radius 3 is 2.75 bits per heavy atom. The maximum atomic E-state index is 12.4. The summed E-state index contributed by atoms with van der Waals surface area (Å²) in [5.41, 5.74) is 0.733. The zero-order chi connectivity index (χ0) is 20.1. The maximum Gasteiger partial charge on any atom is 0.315 e. The summed E-state index contributed by atoms with van der Waals surface area (Å²) in [5, 5.41) is 5.89. The molecule has 0 bridgehead atoms. The van der Waals surface area contributed by atoms with Crippen LogP contribution in [-0.4, -0.2) is 69.3 Å². The Hall–Kier alpha value is -2.48. The summed E-state index contributed by atoms with van der Waals surface area (Å²) in [6, 6.07) is 5.35. The summed E-state index contributed by atoms with van der Waals surface area (Å²) in [5.74, 6) is 1.16. The predicted octanol–water partition coefficient (Wildman–Crippen LogP) is 1.59. The van der Waals surface area contributed by atoms with E-state index in [1.165, 1.54) is 6.42 Å². The number of carbonyl (C=O) groups excluding carboxylic acids is 2. The fourth-order valence-corrected chi connectivity index (χ4v) is 4.04. The van der Waals surface area contributed by atoms with Crippen molar-refractivity contribution < 1.29 is 19.1 Å². The molecule has 2 aliphatic heterocycles. The molecule has 2 N–H and O–H groups in total. The average Bonchev–Trinajstić information content (AvgIpc) is 3.31. The van der Waals surface area contributed by atoms with Gasteiger partial charge in [0.05, 0.1) is 20.3 Å². The number of urea groups is 1. The number of ether oxygens (including phenoxy) is 2. The summed E-state index contributed by atoms with van der Waals surface area (Å²) in [7, 11) is 3.13. The first-order valence-corrected chi connectivity index (χ1v) is 9.86. The predicted molar refractivity (Wildman–Crippen MR) is 107 cm³/mol. The molecule has 2 aliphatic rings. The smallest absolute Gasteiger partial charge is 0.315 e. The van der Waals surface area contributed by atoms with E-state index in [2.05, 4.69) is 22.5 Å². The number of anilines is 1. The van der Waals surface area contributed by atoms with E-state index in [1.54, 1.807) is 31.3 Å². The molecule has 8 heteroatoms. The SMILES string of the molecule is CCN1CCCC1CNC(=O)NC1CC(=O)N(c2ccc(OC)c(OC)c2)C1. The monoisotopic (exact) mass is 390 g/mol. The quantitative estimate of drug-likeness (QED) is 0.739. The van der Waals surface area contributed by atoms with E-state index in [0.717, 1.165) is 25.2 Å². The van der Waals surface area contributed by atoms with Crippen LogP contribution in [0.15, 0.2) is 18.2 Å². The molecular weight excluding hydrogens is 360 g/mol. The van der Waals surface area contributed by atoms with Crippen LogP contribution in [-0.2, 0) is 4.79 Å². The lowest BCUT2D eigenvalue weighted by molar-refractivity contribution is -0.117. The number of carbonyl (C=O) groups is 2. The van der Waals surface area contributed by atoms with Crippen LogP contribution in [0.2, 0.25) is 0 Å². The minimum atomic E-state index is -0.216. The van der Waals surface area contributed by atoms with Gasteiger partial charge in [-0.2, -0.15) is 0 Å². The molecule has 1 aromatic carbocycles. The molecule has 28 heavy (non-hydrogen) atoms. The molecule has 2 fully saturated rings.